The van der Waals surface area contributed by atoms with Gasteiger partial charge in [-0.1, -0.05) is 41.9 Å². The van der Waals surface area contributed by atoms with E-state index in [1.807, 2.05) is 24.3 Å². The summed E-state index contributed by atoms with van der Waals surface area (Å²) in [5, 5.41) is 2.78. The smallest absolute Gasteiger partial charge is 0.243 e. The minimum atomic E-state index is -3.48. The molecule has 0 spiro atoms. The Labute approximate surface area is 157 Å². The van der Waals surface area contributed by atoms with Crippen molar-refractivity contribution in [3.05, 3.63) is 58.6 Å². The average molecular weight is 425 g/mol. The van der Waals surface area contributed by atoms with Gasteiger partial charge in [0.15, 0.2) is 0 Å². The van der Waals surface area contributed by atoms with E-state index in [0.29, 0.717) is 18.8 Å². The van der Waals surface area contributed by atoms with Crippen molar-refractivity contribution < 1.29 is 13.2 Å². The van der Waals surface area contributed by atoms with Crippen LogP contribution < -0.4 is 5.32 Å². The molecule has 0 aliphatic rings. The number of amides is 1. The van der Waals surface area contributed by atoms with Gasteiger partial charge in [0.05, 0.1) is 11.3 Å². The molecule has 0 atom stereocenters. The molecule has 2 aromatic carbocycles. The van der Waals surface area contributed by atoms with Crippen LogP contribution in [0.25, 0.3) is 0 Å². The Hall–Kier alpha value is -1.70. The van der Waals surface area contributed by atoms with Crippen LogP contribution in [0.2, 0.25) is 0 Å². The molecule has 0 fully saturated rings. The summed E-state index contributed by atoms with van der Waals surface area (Å²) in [4.78, 5) is 12.3. The van der Waals surface area contributed by atoms with Crippen molar-refractivity contribution in [2.45, 2.75) is 25.2 Å². The fraction of sp³-hybridized carbons (Fsp3) is 0.278. The second-order valence-corrected chi connectivity index (χ2v) is 8.32. The van der Waals surface area contributed by atoms with Gasteiger partial charge in [0, 0.05) is 23.2 Å². The van der Waals surface area contributed by atoms with Gasteiger partial charge in [-0.2, -0.15) is 4.31 Å². The van der Waals surface area contributed by atoms with Crippen LogP contribution in [-0.4, -0.2) is 31.7 Å². The molecular formula is C18H21BrN2O3S. The third kappa shape index (κ3) is 5.14. The number of rotatable bonds is 7. The van der Waals surface area contributed by atoms with Crippen molar-refractivity contribution in [1.29, 1.82) is 0 Å². The number of carbonyl (C=O) groups is 1. The average Bonchev–Trinajstić information content (AvgIpc) is 2.58. The molecule has 0 heterocycles. The van der Waals surface area contributed by atoms with Crippen LogP contribution >= 0.6 is 15.9 Å². The molecule has 0 saturated heterocycles. The molecule has 1 amide bonds. The van der Waals surface area contributed by atoms with Gasteiger partial charge in [0.1, 0.15) is 0 Å². The predicted octanol–water partition coefficient (Wildman–Crippen LogP) is 3.66. The molecule has 1 N–H and O–H groups in total. The van der Waals surface area contributed by atoms with Gasteiger partial charge in [0.2, 0.25) is 15.9 Å². The minimum absolute atomic E-state index is 0.151. The topological polar surface area (TPSA) is 66.5 Å². The number of nitrogens with zero attached hydrogens (tertiary/aromatic N) is 1. The number of carbonyl (C=O) groups excluding carboxylic acids is 1. The predicted molar refractivity (Wildman–Crippen MR) is 103 cm³/mol. The zero-order valence-corrected chi connectivity index (χ0v) is 16.6. The fourth-order valence-electron chi connectivity index (χ4n) is 2.42. The zero-order valence-electron chi connectivity index (χ0n) is 14.2. The number of halogens is 1. The Morgan fingerprint density at radius 2 is 1.56 bits per heavy atom. The quantitative estimate of drug-likeness (QED) is 0.737. The van der Waals surface area contributed by atoms with Gasteiger partial charge < -0.3 is 5.32 Å². The normalized spacial score (nSPS) is 11.5. The van der Waals surface area contributed by atoms with Gasteiger partial charge in [-0.05, 0) is 42.0 Å². The first kappa shape index (κ1) is 19.6. The van der Waals surface area contributed by atoms with Gasteiger partial charge in [-0.3, -0.25) is 4.79 Å². The van der Waals surface area contributed by atoms with E-state index in [0.717, 1.165) is 10.0 Å². The van der Waals surface area contributed by atoms with Crippen molar-refractivity contribution in [2.75, 3.05) is 18.4 Å². The summed E-state index contributed by atoms with van der Waals surface area (Å²) in [6.45, 7) is 4.45. The summed E-state index contributed by atoms with van der Waals surface area (Å²) >= 11 is 3.36. The van der Waals surface area contributed by atoms with Crippen LogP contribution in [0.15, 0.2) is 57.9 Å². The van der Waals surface area contributed by atoms with E-state index in [1.165, 1.54) is 16.4 Å². The van der Waals surface area contributed by atoms with Crippen LogP contribution in [0.5, 0.6) is 0 Å². The van der Waals surface area contributed by atoms with Crippen LogP contribution in [-0.2, 0) is 21.2 Å². The molecule has 2 rings (SSSR count). The Kier molecular flexibility index (Phi) is 6.75. The standard InChI is InChI=1S/C18H21BrN2O3S/c1-3-21(4-2)25(23,24)17-11-9-16(10-12-17)20-18(22)13-14-5-7-15(19)8-6-14/h5-12H,3-4,13H2,1-2H3,(H,20,22). The molecule has 0 unspecified atom stereocenters. The molecule has 25 heavy (non-hydrogen) atoms. The summed E-state index contributed by atoms with van der Waals surface area (Å²) in [5.74, 6) is -0.151. The third-order valence-electron chi connectivity index (χ3n) is 3.76. The highest BCUT2D eigenvalue weighted by atomic mass is 79.9. The molecule has 2 aromatic rings. The second kappa shape index (κ2) is 8.60. The maximum Gasteiger partial charge on any atom is 0.243 e. The van der Waals surface area contributed by atoms with Gasteiger partial charge in [-0.15, -0.1) is 0 Å². The molecule has 0 radical (unpaired) electrons. The molecule has 0 bridgehead atoms. The summed E-state index contributed by atoms with van der Waals surface area (Å²) in [6.07, 6.45) is 0.257. The Morgan fingerprint density at radius 3 is 2.08 bits per heavy atom. The fourth-order valence-corrected chi connectivity index (χ4v) is 4.14. The van der Waals surface area contributed by atoms with E-state index in [-0.39, 0.29) is 17.2 Å². The van der Waals surface area contributed by atoms with E-state index < -0.39 is 10.0 Å². The van der Waals surface area contributed by atoms with E-state index in [2.05, 4.69) is 21.2 Å². The van der Waals surface area contributed by atoms with Gasteiger partial charge in [-0.25, -0.2) is 8.42 Å². The van der Waals surface area contributed by atoms with Crippen molar-refractivity contribution in [3.8, 4) is 0 Å². The maximum atomic E-state index is 12.4. The highest BCUT2D eigenvalue weighted by Crippen LogP contribution is 2.18. The summed E-state index contributed by atoms with van der Waals surface area (Å²) < 4.78 is 27.2. The van der Waals surface area contributed by atoms with E-state index in [1.54, 1.807) is 26.0 Å². The lowest BCUT2D eigenvalue weighted by Gasteiger charge is -2.18. The largest absolute Gasteiger partial charge is 0.326 e. The lowest BCUT2D eigenvalue weighted by molar-refractivity contribution is -0.115. The van der Waals surface area contributed by atoms with Crippen LogP contribution in [0.1, 0.15) is 19.4 Å². The number of hydrogen-bond acceptors (Lipinski definition) is 3. The second-order valence-electron chi connectivity index (χ2n) is 5.47. The Bertz CT molecular complexity index is 814. The van der Waals surface area contributed by atoms with E-state index >= 15 is 0 Å². The lowest BCUT2D eigenvalue weighted by atomic mass is 10.1. The summed E-state index contributed by atoms with van der Waals surface area (Å²) in [5.41, 5.74) is 1.47. The van der Waals surface area contributed by atoms with Crippen molar-refractivity contribution in [3.63, 3.8) is 0 Å². The van der Waals surface area contributed by atoms with Crippen LogP contribution in [0.4, 0.5) is 5.69 Å². The van der Waals surface area contributed by atoms with Crippen LogP contribution in [0.3, 0.4) is 0 Å². The van der Waals surface area contributed by atoms with E-state index in [9.17, 15) is 13.2 Å². The number of sulfonamides is 1. The molecule has 7 heteroatoms. The molecule has 0 saturated carbocycles. The lowest BCUT2D eigenvalue weighted by Crippen LogP contribution is -2.30. The molecular weight excluding hydrogens is 404 g/mol. The molecule has 0 aliphatic carbocycles. The first-order valence-electron chi connectivity index (χ1n) is 8.01. The summed E-state index contributed by atoms with van der Waals surface area (Å²) in [6, 6.07) is 13.8. The third-order valence-corrected chi connectivity index (χ3v) is 6.35. The minimum Gasteiger partial charge on any atom is -0.326 e. The molecule has 134 valence electrons. The summed E-state index contributed by atoms with van der Waals surface area (Å²) in [7, 11) is -3.48. The van der Waals surface area contributed by atoms with E-state index in [4.69, 9.17) is 0 Å². The highest BCUT2D eigenvalue weighted by Gasteiger charge is 2.21. The maximum absolute atomic E-state index is 12.4. The highest BCUT2D eigenvalue weighted by molar-refractivity contribution is 9.10. The van der Waals surface area contributed by atoms with Gasteiger partial charge >= 0.3 is 0 Å². The molecule has 5 nitrogen and oxygen atoms in total. The Morgan fingerprint density at radius 1 is 1.00 bits per heavy atom. The van der Waals surface area contributed by atoms with Gasteiger partial charge in [0.25, 0.3) is 0 Å². The van der Waals surface area contributed by atoms with Crippen LogP contribution in [0, 0.1) is 0 Å². The first-order chi connectivity index (χ1) is 11.9. The Balaban J connectivity index is 2.05. The van der Waals surface area contributed by atoms with Crippen molar-refractivity contribution in [1.82, 2.24) is 4.31 Å². The van der Waals surface area contributed by atoms with Crippen molar-refractivity contribution >= 4 is 37.5 Å². The number of nitrogens with one attached hydrogen (secondary N) is 1. The SMILES string of the molecule is CCN(CC)S(=O)(=O)c1ccc(NC(=O)Cc2ccc(Br)cc2)cc1. The number of anilines is 1. The number of benzene rings is 2. The first-order valence-corrected chi connectivity index (χ1v) is 10.2. The monoisotopic (exact) mass is 424 g/mol. The number of hydrogen-bond donors (Lipinski definition) is 1. The molecule has 0 aromatic heterocycles. The zero-order chi connectivity index (χ0) is 18.4. The van der Waals surface area contributed by atoms with Crippen molar-refractivity contribution in [2.24, 2.45) is 0 Å². The molecule has 0 aliphatic heterocycles.